The monoisotopic (exact) mass is 468 g/mol. The number of nitrogens with one attached hydrogen (secondary N) is 1. The molecule has 2 aromatic carbocycles. The van der Waals surface area contributed by atoms with Gasteiger partial charge in [0.05, 0.1) is 24.3 Å². The molecule has 1 atom stereocenters. The van der Waals surface area contributed by atoms with Gasteiger partial charge in [-0.25, -0.2) is 0 Å². The molecule has 1 N–H and O–H groups in total. The highest BCUT2D eigenvalue weighted by atomic mass is 35.5. The number of carbonyl (C=O) groups is 2. The van der Waals surface area contributed by atoms with E-state index >= 15 is 0 Å². The third-order valence-electron chi connectivity index (χ3n) is 4.54. The lowest BCUT2D eigenvalue weighted by Gasteiger charge is -2.28. The van der Waals surface area contributed by atoms with E-state index in [9.17, 15) is 9.59 Å². The van der Waals surface area contributed by atoms with Gasteiger partial charge in [0.15, 0.2) is 6.61 Å². The minimum absolute atomic E-state index is 0.165. The van der Waals surface area contributed by atoms with Crippen molar-refractivity contribution in [3.05, 3.63) is 52.0 Å². The van der Waals surface area contributed by atoms with Crippen LogP contribution in [0.25, 0.3) is 0 Å². The molecule has 168 valence electrons. The van der Waals surface area contributed by atoms with Gasteiger partial charge in [-0.1, -0.05) is 29.3 Å². The summed E-state index contributed by atoms with van der Waals surface area (Å²) >= 11 is 12.1. The summed E-state index contributed by atoms with van der Waals surface area (Å²) in [6, 6.07) is 9.35. The maximum atomic E-state index is 13.0. The van der Waals surface area contributed by atoms with E-state index < -0.39 is 6.04 Å². The van der Waals surface area contributed by atoms with Gasteiger partial charge < -0.3 is 24.4 Å². The summed E-state index contributed by atoms with van der Waals surface area (Å²) in [5, 5.41) is 3.52. The van der Waals surface area contributed by atoms with Crippen LogP contribution in [0.5, 0.6) is 17.2 Å². The topological polar surface area (TPSA) is 77.1 Å². The summed E-state index contributed by atoms with van der Waals surface area (Å²) in [5.41, 5.74) is 0.738. The Labute approximate surface area is 192 Å². The van der Waals surface area contributed by atoms with E-state index in [0.29, 0.717) is 33.8 Å². The van der Waals surface area contributed by atoms with Crippen LogP contribution in [0.15, 0.2) is 36.4 Å². The number of amides is 2. The highest BCUT2D eigenvalue weighted by Crippen LogP contribution is 2.28. The van der Waals surface area contributed by atoms with E-state index in [1.54, 1.807) is 43.3 Å². The van der Waals surface area contributed by atoms with Crippen LogP contribution in [-0.4, -0.2) is 50.1 Å². The number of benzene rings is 2. The molecule has 2 rings (SSSR count). The van der Waals surface area contributed by atoms with E-state index in [1.807, 2.05) is 6.92 Å². The van der Waals surface area contributed by atoms with E-state index in [0.717, 1.165) is 5.56 Å². The van der Waals surface area contributed by atoms with Crippen LogP contribution in [0.4, 0.5) is 0 Å². The second-order valence-corrected chi connectivity index (χ2v) is 7.49. The van der Waals surface area contributed by atoms with Crippen molar-refractivity contribution in [2.24, 2.45) is 0 Å². The number of likely N-dealkylation sites (N-methyl/N-ethyl adjacent to an activating group) is 1. The van der Waals surface area contributed by atoms with Gasteiger partial charge in [0.25, 0.3) is 5.91 Å². The molecule has 0 saturated carbocycles. The highest BCUT2D eigenvalue weighted by Gasteiger charge is 2.26. The molecule has 9 heteroatoms. The molecular formula is C22H26Cl2N2O5. The molecule has 0 aliphatic rings. The Balaban J connectivity index is 2.20. The Hall–Kier alpha value is -2.64. The molecule has 2 amide bonds. The predicted molar refractivity (Wildman–Crippen MR) is 120 cm³/mol. The van der Waals surface area contributed by atoms with Crippen molar-refractivity contribution >= 4 is 35.0 Å². The molecule has 0 saturated heterocycles. The van der Waals surface area contributed by atoms with Gasteiger partial charge in [-0.15, -0.1) is 0 Å². The molecule has 0 heterocycles. The van der Waals surface area contributed by atoms with Gasteiger partial charge in [0, 0.05) is 31.3 Å². The summed E-state index contributed by atoms with van der Waals surface area (Å²) in [6.45, 7) is 3.82. The first-order valence-corrected chi connectivity index (χ1v) is 10.4. The third-order valence-corrected chi connectivity index (χ3v) is 5.28. The maximum absolute atomic E-state index is 13.0. The number of ether oxygens (including phenoxy) is 3. The second kappa shape index (κ2) is 11.7. The fraction of sp³-hybridized carbons (Fsp3) is 0.364. The molecule has 0 fully saturated rings. The zero-order valence-corrected chi connectivity index (χ0v) is 19.4. The fourth-order valence-corrected chi connectivity index (χ4v) is 3.15. The standard InChI is InChI=1S/C22H26Cl2N2O5/c1-5-25-22(28)14(2)26(12-15-6-7-19(23)20(24)8-15)21(27)13-31-18-10-16(29-3)9-17(11-18)30-4/h6-11,14H,5,12-13H2,1-4H3,(H,25,28)/t14-/m1/s1. The smallest absolute Gasteiger partial charge is 0.261 e. The summed E-state index contributed by atoms with van der Waals surface area (Å²) in [6.07, 6.45) is 0. The minimum Gasteiger partial charge on any atom is -0.496 e. The van der Waals surface area contributed by atoms with Crippen LogP contribution >= 0.6 is 23.2 Å². The first-order valence-electron chi connectivity index (χ1n) is 9.66. The lowest BCUT2D eigenvalue weighted by atomic mass is 10.1. The molecule has 2 aromatic rings. The Kier molecular flexibility index (Phi) is 9.27. The van der Waals surface area contributed by atoms with Crippen LogP contribution < -0.4 is 19.5 Å². The third kappa shape index (κ3) is 6.94. The number of carbonyl (C=O) groups excluding carboxylic acids is 2. The SMILES string of the molecule is CCNC(=O)[C@@H](C)N(Cc1ccc(Cl)c(Cl)c1)C(=O)COc1cc(OC)cc(OC)c1. The molecule has 0 radical (unpaired) electrons. The molecule has 0 unspecified atom stereocenters. The van der Waals surface area contributed by atoms with Gasteiger partial charge >= 0.3 is 0 Å². The lowest BCUT2D eigenvalue weighted by Crippen LogP contribution is -2.49. The summed E-state index contributed by atoms with van der Waals surface area (Å²) in [7, 11) is 3.05. The summed E-state index contributed by atoms with van der Waals surface area (Å²) < 4.78 is 16.1. The Morgan fingerprint density at radius 2 is 1.61 bits per heavy atom. The average Bonchev–Trinajstić information content (AvgIpc) is 2.77. The van der Waals surface area contributed by atoms with E-state index in [2.05, 4.69) is 5.32 Å². The van der Waals surface area contributed by atoms with Gasteiger partial charge in [-0.05, 0) is 31.5 Å². The number of hydrogen-bond acceptors (Lipinski definition) is 5. The van der Waals surface area contributed by atoms with Gasteiger partial charge in [0.2, 0.25) is 5.91 Å². The largest absolute Gasteiger partial charge is 0.496 e. The Morgan fingerprint density at radius 1 is 1.00 bits per heavy atom. The zero-order chi connectivity index (χ0) is 23.0. The Morgan fingerprint density at radius 3 is 2.16 bits per heavy atom. The molecule has 7 nitrogen and oxygen atoms in total. The van der Waals surface area contributed by atoms with Crippen LogP contribution in [-0.2, 0) is 16.1 Å². The molecule has 0 aromatic heterocycles. The second-order valence-electron chi connectivity index (χ2n) is 6.68. The van der Waals surface area contributed by atoms with Crippen molar-refractivity contribution in [2.45, 2.75) is 26.4 Å². The van der Waals surface area contributed by atoms with Gasteiger partial charge in [-0.2, -0.15) is 0 Å². The molecule has 0 spiro atoms. The fourth-order valence-electron chi connectivity index (χ4n) is 2.83. The van der Waals surface area contributed by atoms with Crippen molar-refractivity contribution < 1.29 is 23.8 Å². The lowest BCUT2D eigenvalue weighted by molar-refractivity contribution is -0.142. The number of halogens is 2. The average molecular weight is 469 g/mol. The van der Waals surface area contributed by atoms with E-state index in [-0.39, 0.29) is 25.0 Å². The van der Waals surface area contributed by atoms with Gasteiger partial charge in [-0.3, -0.25) is 9.59 Å². The zero-order valence-electron chi connectivity index (χ0n) is 17.9. The summed E-state index contributed by atoms with van der Waals surface area (Å²) in [4.78, 5) is 26.9. The number of rotatable bonds is 10. The first kappa shape index (κ1) is 24.6. The van der Waals surface area contributed by atoms with E-state index in [1.165, 1.54) is 19.1 Å². The molecule has 0 aliphatic carbocycles. The molecule has 31 heavy (non-hydrogen) atoms. The number of hydrogen-bond donors (Lipinski definition) is 1. The van der Waals surface area contributed by atoms with Crippen molar-refractivity contribution in [1.82, 2.24) is 10.2 Å². The maximum Gasteiger partial charge on any atom is 0.261 e. The highest BCUT2D eigenvalue weighted by molar-refractivity contribution is 6.42. The van der Waals surface area contributed by atoms with Crippen LogP contribution in [0.3, 0.4) is 0 Å². The molecule has 0 bridgehead atoms. The van der Waals surface area contributed by atoms with Crippen LogP contribution in [0, 0.1) is 0 Å². The Bertz CT molecular complexity index is 901. The van der Waals surface area contributed by atoms with Crippen molar-refractivity contribution in [3.8, 4) is 17.2 Å². The first-order chi connectivity index (χ1) is 14.8. The molecular weight excluding hydrogens is 443 g/mol. The summed E-state index contributed by atoms with van der Waals surface area (Å²) in [5.74, 6) is 0.838. The molecule has 0 aliphatic heterocycles. The number of nitrogens with zero attached hydrogens (tertiary/aromatic N) is 1. The quantitative estimate of drug-likeness (QED) is 0.571. The predicted octanol–water partition coefficient (Wildman–Crippen LogP) is 3.94. The number of methoxy groups -OCH3 is 2. The van der Waals surface area contributed by atoms with Crippen molar-refractivity contribution in [1.29, 1.82) is 0 Å². The van der Waals surface area contributed by atoms with E-state index in [4.69, 9.17) is 37.4 Å². The minimum atomic E-state index is -0.717. The van der Waals surface area contributed by atoms with Crippen LogP contribution in [0.2, 0.25) is 10.0 Å². The normalized spacial score (nSPS) is 11.4. The van der Waals surface area contributed by atoms with Crippen LogP contribution in [0.1, 0.15) is 19.4 Å². The van der Waals surface area contributed by atoms with Crippen molar-refractivity contribution in [3.63, 3.8) is 0 Å². The van der Waals surface area contributed by atoms with Crippen molar-refractivity contribution in [2.75, 3.05) is 27.4 Å². The van der Waals surface area contributed by atoms with Gasteiger partial charge in [0.1, 0.15) is 23.3 Å².